The molecule has 4 rings (SSSR count). The molecule has 1 saturated heterocycles. The lowest BCUT2D eigenvalue weighted by Crippen LogP contribution is -2.42. The highest BCUT2D eigenvalue weighted by Gasteiger charge is 2.42. The minimum atomic E-state index is -0.421. The zero-order chi connectivity index (χ0) is 19.5. The van der Waals surface area contributed by atoms with E-state index in [1.165, 1.54) is 11.1 Å². The Morgan fingerprint density at radius 3 is 2.46 bits per heavy atom. The van der Waals surface area contributed by atoms with Crippen molar-refractivity contribution in [3.63, 3.8) is 0 Å². The van der Waals surface area contributed by atoms with E-state index < -0.39 is 6.10 Å². The number of nitrogens with two attached hydrogens (primary N) is 1. The Hall–Kier alpha value is -1.59. The van der Waals surface area contributed by atoms with Crippen molar-refractivity contribution in [1.82, 2.24) is 4.90 Å². The Morgan fingerprint density at radius 1 is 1.04 bits per heavy atom. The van der Waals surface area contributed by atoms with Gasteiger partial charge in [-0.1, -0.05) is 41.9 Å². The van der Waals surface area contributed by atoms with Crippen LogP contribution in [0.1, 0.15) is 24.0 Å². The summed E-state index contributed by atoms with van der Waals surface area (Å²) >= 11 is 6.06. The van der Waals surface area contributed by atoms with E-state index in [-0.39, 0.29) is 6.10 Å². The first kappa shape index (κ1) is 19.7. The number of benzene rings is 2. The molecule has 3 N–H and O–H groups in total. The molecule has 1 aliphatic heterocycles. The van der Waals surface area contributed by atoms with Crippen LogP contribution >= 0.6 is 11.6 Å². The largest absolute Gasteiger partial charge is 0.488 e. The molecule has 2 aromatic carbocycles. The molecule has 0 aromatic heterocycles. The molecule has 2 aliphatic rings. The fourth-order valence-electron chi connectivity index (χ4n) is 4.69. The number of rotatable bonds is 6. The molecule has 28 heavy (non-hydrogen) atoms. The maximum Gasteiger partial charge on any atom is 0.125 e. The first-order chi connectivity index (χ1) is 13.6. The zero-order valence-corrected chi connectivity index (χ0v) is 16.9. The summed E-state index contributed by atoms with van der Waals surface area (Å²) in [6.07, 6.45) is 2.05. The molecule has 1 aliphatic carbocycles. The van der Waals surface area contributed by atoms with Gasteiger partial charge in [-0.25, -0.2) is 0 Å². The van der Waals surface area contributed by atoms with Gasteiger partial charge in [-0.2, -0.15) is 0 Å². The topological polar surface area (TPSA) is 58.7 Å². The van der Waals surface area contributed by atoms with Gasteiger partial charge in [-0.3, -0.25) is 4.90 Å². The van der Waals surface area contributed by atoms with Crippen molar-refractivity contribution in [2.75, 3.05) is 19.6 Å². The quantitative estimate of drug-likeness (QED) is 0.779. The number of fused-ring (bicyclic) bond motifs is 1. The van der Waals surface area contributed by atoms with Crippen LogP contribution in [-0.4, -0.2) is 41.8 Å². The monoisotopic (exact) mass is 400 g/mol. The average molecular weight is 401 g/mol. The van der Waals surface area contributed by atoms with Crippen LogP contribution in [0.2, 0.25) is 5.02 Å². The molecule has 0 spiro atoms. The molecule has 2 aromatic rings. The van der Waals surface area contributed by atoms with Crippen molar-refractivity contribution in [3.05, 3.63) is 64.7 Å². The molecule has 4 atom stereocenters. The number of hydrogen-bond donors (Lipinski definition) is 2. The molecular formula is C23H29ClN2O2. The van der Waals surface area contributed by atoms with Crippen LogP contribution in [0.4, 0.5) is 0 Å². The number of likely N-dealkylation sites (tertiary alicyclic amines) is 1. The fourth-order valence-corrected chi connectivity index (χ4v) is 4.87. The standard InChI is InChI=1S/C23H29ClN2O2/c24-20-2-1-3-21(12-20)28-23-11-19-15-26(14-18(19)10-22(23)27)13-17-6-4-16(5-7-17)8-9-25/h1-7,12,18-19,22-23,27H,8-11,13-15,25H2/t18-,19+,22+,23+/m0/s1. The Bertz CT molecular complexity index is 782. The van der Waals surface area contributed by atoms with Crippen LogP contribution in [0, 0.1) is 11.8 Å². The maximum absolute atomic E-state index is 10.6. The second kappa shape index (κ2) is 8.83. The third-order valence-corrected chi connectivity index (χ3v) is 6.34. The van der Waals surface area contributed by atoms with Gasteiger partial charge in [0.15, 0.2) is 0 Å². The van der Waals surface area contributed by atoms with E-state index >= 15 is 0 Å². The van der Waals surface area contributed by atoms with Crippen molar-refractivity contribution in [1.29, 1.82) is 0 Å². The van der Waals surface area contributed by atoms with Crippen LogP contribution in [-0.2, 0) is 13.0 Å². The molecule has 1 heterocycles. The molecule has 0 radical (unpaired) electrons. The number of aliphatic hydroxyl groups is 1. The molecule has 2 fully saturated rings. The van der Waals surface area contributed by atoms with Crippen molar-refractivity contribution in [2.24, 2.45) is 17.6 Å². The number of halogens is 1. The first-order valence-corrected chi connectivity index (χ1v) is 10.6. The Balaban J connectivity index is 1.34. The number of hydrogen-bond acceptors (Lipinski definition) is 4. The number of ether oxygens (including phenoxy) is 1. The van der Waals surface area contributed by atoms with Crippen LogP contribution in [0.5, 0.6) is 5.75 Å². The molecule has 4 nitrogen and oxygen atoms in total. The summed E-state index contributed by atoms with van der Waals surface area (Å²) in [5.41, 5.74) is 8.27. The third-order valence-electron chi connectivity index (χ3n) is 6.11. The van der Waals surface area contributed by atoms with Crippen LogP contribution in [0.25, 0.3) is 0 Å². The van der Waals surface area contributed by atoms with Gasteiger partial charge in [0.25, 0.3) is 0 Å². The second-order valence-electron chi connectivity index (χ2n) is 8.22. The van der Waals surface area contributed by atoms with Gasteiger partial charge in [0, 0.05) is 24.7 Å². The lowest BCUT2D eigenvalue weighted by Gasteiger charge is -2.35. The van der Waals surface area contributed by atoms with E-state index in [9.17, 15) is 5.11 Å². The summed E-state index contributed by atoms with van der Waals surface area (Å²) in [5, 5.41) is 11.3. The highest BCUT2D eigenvalue weighted by molar-refractivity contribution is 6.30. The van der Waals surface area contributed by atoms with E-state index in [0.29, 0.717) is 23.4 Å². The van der Waals surface area contributed by atoms with E-state index in [1.807, 2.05) is 24.3 Å². The van der Waals surface area contributed by atoms with E-state index in [2.05, 4.69) is 29.2 Å². The van der Waals surface area contributed by atoms with Crippen LogP contribution < -0.4 is 10.5 Å². The first-order valence-electron chi connectivity index (χ1n) is 10.2. The predicted octanol–water partition coefficient (Wildman–Crippen LogP) is 3.49. The van der Waals surface area contributed by atoms with Gasteiger partial charge in [-0.15, -0.1) is 0 Å². The molecule has 0 amide bonds. The highest BCUT2D eigenvalue weighted by Crippen LogP contribution is 2.38. The van der Waals surface area contributed by atoms with Gasteiger partial charge in [0.05, 0.1) is 6.10 Å². The van der Waals surface area contributed by atoms with E-state index in [0.717, 1.165) is 44.6 Å². The Labute approximate surface area is 172 Å². The van der Waals surface area contributed by atoms with Gasteiger partial charge < -0.3 is 15.6 Å². The molecule has 1 saturated carbocycles. The Kier molecular flexibility index (Phi) is 6.22. The van der Waals surface area contributed by atoms with Gasteiger partial charge in [-0.05, 0) is 67.0 Å². The maximum atomic E-state index is 10.6. The summed E-state index contributed by atoms with van der Waals surface area (Å²) in [5.74, 6) is 1.86. The van der Waals surface area contributed by atoms with Crippen molar-refractivity contribution >= 4 is 11.6 Å². The number of aliphatic hydroxyl groups excluding tert-OH is 1. The smallest absolute Gasteiger partial charge is 0.125 e. The van der Waals surface area contributed by atoms with Crippen LogP contribution in [0.15, 0.2) is 48.5 Å². The van der Waals surface area contributed by atoms with E-state index in [1.54, 1.807) is 0 Å². The van der Waals surface area contributed by atoms with Crippen molar-refractivity contribution in [2.45, 2.75) is 38.0 Å². The molecule has 0 bridgehead atoms. The number of nitrogens with zero attached hydrogens (tertiary/aromatic N) is 1. The SMILES string of the molecule is NCCc1ccc(CN2C[C@H]3C[C@@H](Oc4cccc(Cl)c4)[C@H](O)C[C@H]3C2)cc1. The minimum absolute atomic E-state index is 0.157. The molecule has 5 heteroatoms. The second-order valence-corrected chi connectivity index (χ2v) is 8.66. The van der Waals surface area contributed by atoms with Crippen molar-refractivity contribution in [3.8, 4) is 5.75 Å². The van der Waals surface area contributed by atoms with Gasteiger partial charge in [0.1, 0.15) is 11.9 Å². The average Bonchev–Trinajstić information content (AvgIpc) is 3.05. The zero-order valence-electron chi connectivity index (χ0n) is 16.1. The van der Waals surface area contributed by atoms with Gasteiger partial charge in [0.2, 0.25) is 0 Å². The highest BCUT2D eigenvalue weighted by atomic mass is 35.5. The van der Waals surface area contributed by atoms with Crippen LogP contribution in [0.3, 0.4) is 0 Å². The van der Waals surface area contributed by atoms with E-state index in [4.69, 9.17) is 22.1 Å². The summed E-state index contributed by atoms with van der Waals surface area (Å²) in [7, 11) is 0. The third kappa shape index (κ3) is 4.69. The summed E-state index contributed by atoms with van der Waals surface area (Å²) < 4.78 is 6.08. The van der Waals surface area contributed by atoms with Crippen molar-refractivity contribution < 1.29 is 9.84 Å². The Morgan fingerprint density at radius 2 is 1.75 bits per heavy atom. The summed E-state index contributed by atoms with van der Waals surface area (Å²) in [4.78, 5) is 2.52. The molecular weight excluding hydrogens is 372 g/mol. The molecule has 0 unspecified atom stereocenters. The minimum Gasteiger partial charge on any atom is -0.488 e. The lowest BCUT2D eigenvalue weighted by atomic mass is 9.78. The predicted molar refractivity (Wildman–Crippen MR) is 113 cm³/mol. The van der Waals surface area contributed by atoms with Gasteiger partial charge >= 0.3 is 0 Å². The fraction of sp³-hybridized carbons (Fsp3) is 0.478. The summed E-state index contributed by atoms with van der Waals surface area (Å²) in [6, 6.07) is 16.2. The summed E-state index contributed by atoms with van der Waals surface area (Å²) in [6.45, 7) is 3.77. The lowest BCUT2D eigenvalue weighted by molar-refractivity contribution is -0.0231. The molecule has 150 valence electrons. The normalized spacial score (nSPS) is 27.5.